The number of anilines is 2. The van der Waals surface area contributed by atoms with Gasteiger partial charge in [0.05, 0.1) is 0 Å². The quantitative estimate of drug-likeness (QED) is 0.349. The smallest absolute Gasteiger partial charge is 0.249 e. The Morgan fingerprint density at radius 3 is 2.15 bits per heavy atom. The van der Waals surface area contributed by atoms with Gasteiger partial charge in [-0.05, 0) is 41.5 Å². The highest BCUT2D eigenvalue weighted by atomic mass is 16.1. The third kappa shape index (κ3) is 4.86. The predicted octanol–water partition coefficient (Wildman–Crippen LogP) is 4.38. The minimum absolute atomic E-state index is 0.387. The minimum atomic E-state index is -0.513. The molecular weight excluding hydrogens is 334 g/mol. The summed E-state index contributed by atoms with van der Waals surface area (Å²) in [4.78, 5) is 11.9. The van der Waals surface area contributed by atoms with Gasteiger partial charge in [-0.3, -0.25) is 4.79 Å². The van der Waals surface area contributed by atoms with Gasteiger partial charge in [0.25, 0.3) is 0 Å². The molecule has 0 atom stereocenters. The van der Waals surface area contributed by atoms with Crippen molar-refractivity contribution in [3.8, 4) is 0 Å². The van der Waals surface area contributed by atoms with Gasteiger partial charge in [-0.1, -0.05) is 60.7 Å². The van der Waals surface area contributed by atoms with Crippen LogP contribution in [-0.4, -0.2) is 5.91 Å². The molecule has 1 amide bonds. The van der Waals surface area contributed by atoms with Gasteiger partial charge >= 0.3 is 0 Å². The standard InChI is InChI=1S/C23H21N3O/c24-22-9-5-4-8-20(22)21(23(25)27)16-18-10-12-19(13-11-18)26-15-14-17-6-2-1-3-7-17/h1-16,26H,24H2,(H2,25,27). The minimum Gasteiger partial charge on any atom is -0.398 e. The van der Waals surface area contributed by atoms with Crippen LogP contribution in [-0.2, 0) is 4.79 Å². The molecule has 4 heteroatoms. The van der Waals surface area contributed by atoms with Crippen molar-refractivity contribution in [2.45, 2.75) is 0 Å². The number of carbonyl (C=O) groups excluding carboxylic acids is 1. The topological polar surface area (TPSA) is 81.1 Å². The van der Waals surface area contributed by atoms with Crippen LogP contribution in [0.5, 0.6) is 0 Å². The number of nitrogens with two attached hydrogens (primary N) is 2. The second-order valence-corrected chi connectivity index (χ2v) is 6.02. The Hall–Kier alpha value is -3.79. The van der Waals surface area contributed by atoms with E-state index in [2.05, 4.69) is 5.32 Å². The lowest BCUT2D eigenvalue weighted by Gasteiger charge is -2.08. The molecule has 4 nitrogen and oxygen atoms in total. The van der Waals surface area contributed by atoms with E-state index in [0.717, 1.165) is 16.8 Å². The van der Waals surface area contributed by atoms with Crippen LogP contribution in [0, 0.1) is 0 Å². The average Bonchev–Trinajstić information content (AvgIpc) is 2.69. The number of carbonyl (C=O) groups is 1. The molecule has 0 aliphatic rings. The molecule has 0 heterocycles. The summed E-state index contributed by atoms with van der Waals surface area (Å²) in [5, 5.41) is 3.22. The average molecular weight is 355 g/mol. The molecule has 0 bridgehead atoms. The third-order valence-corrected chi connectivity index (χ3v) is 4.06. The van der Waals surface area contributed by atoms with Crippen LogP contribution < -0.4 is 16.8 Å². The maximum Gasteiger partial charge on any atom is 0.249 e. The molecule has 0 radical (unpaired) electrons. The Bertz CT molecular complexity index is 974. The molecule has 3 rings (SSSR count). The molecule has 0 fully saturated rings. The summed E-state index contributed by atoms with van der Waals surface area (Å²) in [5.41, 5.74) is 16.0. The zero-order valence-electron chi connectivity index (χ0n) is 14.8. The fraction of sp³-hybridized carbons (Fsp3) is 0. The maximum absolute atomic E-state index is 11.9. The van der Waals surface area contributed by atoms with Crippen molar-refractivity contribution in [3.63, 3.8) is 0 Å². The van der Waals surface area contributed by atoms with Crippen LogP contribution in [0.3, 0.4) is 0 Å². The summed E-state index contributed by atoms with van der Waals surface area (Å²) >= 11 is 0. The highest BCUT2D eigenvalue weighted by Gasteiger charge is 2.11. The Balaban J connectivity index is 1.76. The first-order valence-corrected chi connectivity index (χ1v) is 8.58. The van der Waals surface area contributed by atoms with Crippen molar-refractivity contribution in [2.75, 3.05) is 11.1 Å². The van der Waals surface area contributed by atoms with Crippen molar-refractivity contribution < 1.29 is 4.79 Å². The Morgan fingerprint density at radius 1 is 0.815 bits per heavy atom. The summed E-state index contributed by atoms with van der Waals surface area (Å²) < 4.78 is 0. The molecule has 0 aliphatic heterocycles. The van der Waals surface area contributed by atoms with Crippen molar-refractivity contribution in [2.24, 2.45) is 5.73 Å². The van der Waals surface area contributed by atoms with Gasteiger partial charge in [-0.2, -0.15) is 0 Å². The van der Waals surface area contributed by atoms with E-state index in [-0.39, 0.29) is 0 Å². The number of hydrogen-bond donors (Lipinski definition) is 3. The van der Waals surface area contributed by atoms with Gasteiger partial charge in [0, 0.05) is 28.7 Å². The molecule has 3 aromatic carbocycles. The fourth-order valence-electron chi connectivity index (χ4n) is 2.66. The number of para-hydroxylation sites is 1. The zero-order chi connectivity index (χ0) is 19.1. The van der Waals surface area contributed by atoms with Crippen LogP contribution in [0.2, 0.25) is 0 Å². The number of rotatable bonds is 6. The zero-order valence-corrected chi connectivity index (χ0v) is 14.8. The van der Waals surface area contributed by atoms with E-state index >= 15 is 0 Å². The first kappa shape index (κ1) is 18.0. The van der Waals surface area contributed by atoms with E-state index in [1.165, 1.54) is 0 Å². The van der Waals surface area contributed by atoms with Gasteiger partial charge in [0.2, 0.25) is 5.91 Å². The highest BCUT2D eigenvalue weighted by molar-refractivity contribution is 6.24. The predicted molar refractivity (Wildman–Crippen MR) is 113 cm³/mol. The summed E-state index contributed by atoms with van der Waals surface area (Å²) in [6.07, 6.45) is 5.63. The van der Waals surface area contributed by atoms with E-state index in [0.29, 0.717) is 16.8 Å². The molecule has 3 aromatic rings. The number of benzene rings is 3. The van der Waals surface area contributed by atoms with Gasteiger partial charge < -0.3 is 16.8 Å². The maximum atomic E-state index is 11.9. The molecule has 0 saturated carbocycles. The molecule has 0 saturated heterocycles. The molecule has 27 heavy (non-hydrogen) atoms. The van der Waals surface area contributed by atoms with Crippen molar-refractivity contribution in [3.05, 3.63) is 102 Å². The second-order valence-electron chi connectivity index (χ2n) is 6.02. The fourth-order valence-corrected chi connectivity index (χ4v) is 2.66. The molecule has 134 valence electrons. The molecule has 0 aliphatic carbocycles. The number of amides is 1. The lowest BCUT2D eigenvalue weighted by Crippen LogP contribution is -2.13. The largest absolute Gasteiger partial charge is 0.398 e. The van der Waals surface area contributed by atoms with Crippen molar-refractivity contribution in [1.82, 2.24) is 0 Å². The summed E-state index contributed by atoms with van der Waals surface area (Å²) in [5.74, 6) is -0.513. The highest BCUT2D eigenvalue weighted by Crippen LogP contribution is 2.24. The normalized spacial score (nSPS) is 11.5. The van der Waals surface area contributed by atoms with Gasteiger partial charge in [0.1, 0.15) is 0 Å². The van der Waals surface area contributed by atoms with Crippen LogP contribution in [0.1, 0.15) is 16.7 Å². The first-order valence-electron chi connectivity index (χ1n) is 8.58. The molecule has 5 N–H and O–H groups in total. The van der Waals surface area contributed by atoms with Crippen molar-refractivity contribution >= 4 is 35.0 Å². The number of nitrogen functional groups attached to an aromatic ring is 1. The van der Waals surface area contributed by atoms with E-state index in [1.54, 1.807) is 18.2 Å². The first-order chi connectivity index (χ1) is 13.1. The monoisotopic (exact) mass is 355 g/mol. The number of primary amides is 1. The number of hydrogen-bond acceptors (Lipinski definition) is 3. The van der Waals surface area contributed by atoms with Crippen molar-refractivity contribution in [1.29, 1.82) is 0 Å². The van der Waals surface area contributed by atoms with Crippen LogP contribution in [0.4, 0.5) is 11.4 Å². The van der Waals surface area contributed by atoms with Crippen LogP contribution in [0.25, 0.3) is 17.7 Å². The van der Waals surface area contributed by atoms with E-state index in [9.17, 15) is 4.79 Å². The van der Waals surface area contributed by atoms with E-state index < -0.39 is 5.91 Å². The van der Waals surface area contributed by atoms with Crippen LogP contribution >= 0.6 is 0 Å². The lowest BCUT2D eigenvalue weighted by molar-refractivity contribution is -0.112. The molecule has 0 spiro atoms. The van der Waals surface area contributed by atoms with Gasteiger partial charge in [0.15, 0.2) is 0 Å². The Morgan fingerprint density at radius 2 is 1.48 bits per heavy atom. The van der Waals surface area contributed by atoms with Crippen LogP contribution in [0.15, 0.2) is 85.1 Å². The SMILES string of the molecule is NC(=O)C(=Cc1ccc(NC=Cc2ccccc2)cc1)c1ccccc1N. The summed E-state index contributed by atoms with van der Waals surface area (Å²) in [7, 11) is 0. The second kappa shape index (κ2) is 8.54. The van der Waals surface area contributed by atoms with E-state index in [4.69, 9.17) is 11.5 Å². The summed E-state index contributed by atoms with van der Waals surface area (Å²) in [6, 6.07) is 24.9. The summed E-state index contributed by atoms with van der Waals surface area (Å²) in [6.45, 7) is 0. The number of nitrogens with one attached hydrogen (secondary N) is 1. The van der Waals surface area contributed by atoms with Gasteiger partial charge in [-0.25, -0.2) is 0 Å². The molecule has 0 aromatic heterocycles. The van der Waals surface area contributed by atoms with Gasteiger partial charge in [-0.15, -0.1) is 0 Å². The lowest BCUT2D eigenvalue weighted by atomic mass is 10.0. The molecule has 0 unspecified atom stereocenters. The Labute approximate surface area is 158 Å². The molecular formula is C23H21N3O. The van der Waals surface area contributed by atoms with E-state index in [1.807, 2.05) is 79.0 Å². The third-order valence-electron chi connectivity index (χ3n) is 4.06. The Kier molecular flexibility index (Phi) is 5.70.